The van der Waals surface area contributed by atoms with Crippen LogP contribution in [0, 0.1) is 17.0 Å². The van der Waals surface area contributed by atoms with E-state index in [1.807, 2.05) is 31.2 Å². The highest BCUT2D eigenvalue weighted by Gasteiger charge is 2.20. The van der Waals surface area contributed by atoms with Gasteiger partial charge in [-0.05, 0) is 30.2 Å². The van der Waals surface area contributed by atoms with E-state index in [-0.39, 0.29) is 24.9 Å². The number of furan rings is 1. The third-order valence-corrected chi connectivity index (χ3v) is 5.30. The zero-order chi connectivity index (χ0) is 22.2. The topological polar surface area (TPSA) is 109 Å². The number of carbonyl (C=O) groups is 1. The molecule has 4 aromatic rings. The lowest BCUT2D eigenvalue weighted by atomic mass is 10.2. The van der Waals surface area contributed by atoms with Gasteiger partial charge in [-0.2, -0.15) is 0 Å². The van der Waals surface area contributed by atoms with Crippen molar-refractivity contribution in [3.63, 3.8) is 0 Å². The average molecular weight is 433 g/mol. The van der Waals surface area contributed by atoms with Crippen LogP contribution >= 0.6 is 0 Å². The molecule has 1 amide bonds. The third kappa shape index (κ3) is 3.64. The fraction of sp³-hybridized carbons (Fsp3) is 0.174. The van der Waals surface area contributed by atoms with Crippen LogP contribution in [0.3, 0.4) is 0 Å². The first-order valence-corrected chi connectivity index (χ1v) is 9.97. The van der Waals surface area contributed by atoms with Gasteiger partial charge in [0.2, 0.25) is 6.79 Å². The number of amides is 1. The third-order valence-electron chi connectivity index (χ3n) is 5.30. The molecule has 0 atom stereocenters. The minimum absolute atomic E-state index is 0.00286. The van der Waals surface area contributed by atoms with Gasteiger partial charge in [0.15, 0.2) is 17.1 Å². The van der Waals surface area contributed by atoms with Crippen molar-refractivity contribution in [2.45, 2.75) is 20.0 Å². The van der Waals surface area contributed by atoms with Gasteiger partial charge in [-0.25, -0.2) is 0 Å². The number of hydrogen-bond acceptors (Lipinski definition) is 6. The summed E-state index contributed by atoms with van der Waals surface area (Å²) in [6.07, 6.45) is 0. The molecule has 0 fully saturated rings. The Morgan fingerprint density at radius 3 is 2.78 bits per heavy atom. The van der Waals surface area contributed by atoms with Gasteiger partial charge in [0, 0.05) is 37.4 Å². The summed E-state index contributed by atoms with van der Waals surface area (Å²) in [6.45, 7) is 2.61. The number of ether oxygens (including phenoxy) is 2. The normalized spacial score (nSPS) is 12.3. The number of hydrogen-bond donors (Lipinski definition) is 1. The van der Waals surface area contributed by atoms with Gasteiger partial charge in [-0.1, -0.05) is 18.2 Å². The maximum atomic E-state index is 13.1. The molecule has 1 aliphatic heterocycles. The molecule has 0 bridgehead atoms. The van der Waals surface area contributed by atoms with Crippen molar-refractivity contribution in [2.75, 3.05) is 6.79 Å². The zero-order valence-electron chi connectivity index (χ0n) is 17.2. The molecule has 0 saturated heterocycles. The van der Waals surface area contributed by atoms with Crippen molar-refractivity contribution in [1.29, 1.82) is 0 Å². The van der Waals surface area contributed by atoms with Crippen LogP contribution in [0.2, 0.25) is 0 Å². The van der Waals surface area contributed by atoms with Crippen molar-refractivity contribution < 1.29 is 23.6 Å². The molecule has 2 aromatic carbocycles. The highest BCUT2D eigenvalue weighted by molar-refractivity contribution is 5.97. The number of non-ortho nitro benzene ring substituents is 1. The molecule has 1 N–H and O–H groups in total. The van der Waals surface area contributed by atoms with Gasteiger partial charge >= 0.3 is 0 Å². The summed E-state index contributed by atoms with van der Waals surface area (Å²) in [5, 5.41) is 14.1. The van der Waals surface area contributed by atoms with Crippen LogP contribution in [0.1, 0.15) is 27.4 Å². The molecule has 0 radical (unpaired) electrons. The largest absolute Gasteiger partial charge is 0.460 e. The highest BCUT2D eigenvalue weighted by Crippen LogP contribution is 2.32. The van der Waals surface area contributed by atoms with E-state index in [4.69, 9.17) is 13.9 Å². The van der Waals surface area contributed by atoms with Gasteiger partial charge in [-0.3, -0.25) is 14.9 Å². The molecule has 0 spiro atoms. The quantitative estimate of drug-likeness (QED) is 0.361. The Labute approximate surface area is 182 Å². The number of carbonyl (C=O) groups excluding carboxylic acids is 1. The van der Waals surface area contributed by atoms with E-state index in [0.717, 1.165) is 16.8 Å². The van der Waals surface area contributed by atoms with E-state index < -0.39 is 4.92 Å². The molecule has 3 heterocycles. The molecule has 32 heavy (non-hydrogen) atoms. The summed E-state index contributed by atoms with van der Waals surface area (Å²) in [5.74, 6) is 1.77. The Hall–Kier alpha value is -4.27. The van der Waals surface area contributed by atoms with Gasteiger partial charge in [0.1, 0.15) is 11.5 Å². The van der Waals surface area contributed by atoms with Crippen molar-refractivity contribution >= 4 is 22.7 Å². The predicted octanol–water partition coefficient (Wildman–Crippen LogP) is 4.16. The fourth-order valence-corrected chi connectivity index (χ4v) is 3.80. The second-order valence-electron chi connectivity index (χ2n) is 7.52. The lowest BCUT2D eigenvalue weighted by Crippen LogP contribution is -2.25. The molecule has 0 aliphatic carbocycles. The first-order valence-electron chi connectivity index (χ1n) is 9.97. The Balaban J connectivity index is 1.42. The number of fused-ring (bicyclic) bond motifs is 2. The number of aryl methyl sites for hydroxylation is 1. The second-order valence-corrected chi connectivity index (χ2v) is 7.52. The van der Waals surface area contributed by atoms with Crippen molar-refractivity contribution in [2.24, 2.45) is 0 Å². The number of rotatable bonds is 6. The second kappa shape index (κ2) is 7.77. The fourth-order valence-electron chi connectivity index (χ4n) is 3.80. The first-order chi connectivity index (χ1) is 15.5. The van der Waals surface area contributed by atoms with Crippen molar-refractivity contribution in [3.8, 4) is 11.5 Å². The molecule has 0 saturated carbocycles. The molecule has 5 rings (SSSR count). The SMILES string of the molecule is Cc1cc2c(cc(C(=O)NCc3ccc4c(c3)OCO4)n2Cc2cccc([N+](=O)[O-])c2)o1. The van der Waals surface area contributed by atoms with E-state index in [1.165, 1.54) is 12.1 Å². The van der Waals surface area contributed by atoms with E-state index in [2.05, 4.69) is 5.32 Å². The van der Waals surface area contributed by atoms with Crippen molar-refractivity contribution in [3.05, 3.63) is 87.3 Å². The molecule has 9 heteroatoms. The van der Waals surface area contributed by atoms with E-state index in [9.17, 15) is 14.9 Å². The Bertz CT molecular complexity index is 1350. The lowest BCUT2D eigenvalue weighted by Gasteiger charge is -2.11. The zero-order valence-corrected chi connectivity index (χ0v) is 17.2. The molecular weight excluding hydrogens is 414 g/mol. The monoisotopic (exact) mass is 433 g/mol. The molecule has 162 valence electrons. The van der Waals surface area contributed by atoms with Crippen molar-refractivity contribution in [1.82, 2.24) is 9.88 Å². The molecule has 9 nitrogen and oxygen atoms in total. The van der Waals surface area contributed by atoms with Crippen LogP contribution in [0.25, 0.3) is 11.1 Å². The standard InChI is InChI=1S/C23H19N3O6/c1-14-7-18-21(32-14)10-19(25(18)12-16-3-2-4-17(8-16)26(28)29)23(27)24-11-15-5-6-20-22(9-15)31-13-30-20/h2-10H,11-13H2,1H3,(H,24,27). The number of aromatic nitrogens is 1. The number of nitrogens with zero attached hydrogens (tertiary/aromatic N) is 2. The summed E-state index contributed by atoms with van der Waals surface area (Å²) < 4.78 is 18.2. The van der Waals surface area contributed by atoms with Crippen LogP contribution in [0.4, 0.5) is 5.69 Å². The first kappa shape index (κ1) is 19.7. The summed E-state index contributed by atoms with van der Waals surface area (Å²) in [7, 11) is 0. The highest BCUT2D eigenvalue weighted by atomic mass is 16.7. The Kier molecular flexibility index (Phi) is 4.78. The number of nitro benzene ring substituents is 1. The van der Waals surface area contributed by atoms with Crippen LogP contribution in [-0.2, 0) is 13.1 Å². The molecule has 1 aliphatic rings. The van der Waals surface area contributed by atoms with Crippen LogP contribution in [0.15, 0.2) is 59.0 Å². The summed E-state index contributed by atoms with van der Waals surface area (Å²) in [5.41, 5.74) is 3.33. The van der Waals surface area contributed by atoms with Gasteiger partial charge in [0.25, 0.3) is 11.6 Å². The van der Waals surface area contributed by atoms with E-state index in [1.54, 1.807) is 22.8 Å². The predicted molar refractivity (Wildman–Crippen MR) is 115 cm³/mol. The number of nitro groups is 1. The maximum absolute atomic E-state index is 13.1. The average Bonchev–Trinajstić information content (AvgIpc) is 3.47. The van der Waals surface area contributed by atoms with Crippen LogP contribution < -0.4 is 14.8 Å². The summed E-state index contributed by atoms with van der Waals surface area (Å²) in [4.78, 5) is 23.8. The van der Waals surface area contributed by atoms with Gasteiger partial charge in [0.05, 0.1) is 10.4 Å². The van der Waals surface area contributed by atoms with E-state index in [0.29, 0.717) is 34.9 Å². The molecule has 2 aromatic heterocycles. The minimum Gasteiger partial charge on any atom is -0.460 e. The smallest absolute Gasteiger partial charge is 0.269 e. The van der Waals surface area contributed by atoms with Gasteiger partial charge < -0.3 is 23.8 Å². The van der Waals surface area contributed by atoms with Crippen LogP contribution in [0.5, 0.6) is 11.5 Å². The summed E-state index contributed by atoms with van der Waals surface area (Å²) in [6, 6.07) is 15.4. The summed E-state index contributed by atoms with van der Waals surface area (Å²) >= 11 is 0. The number of nitrogens with one attached hydrogen (secondary N) is 1. The molecule has 0 unspecified atom stereocenters. The minimum atomic E-state index is -0.435. The van der Waals surface area contributed by atoms with Crippen LogP contribution in [-0.4, -0.2) is 22.2 Å². The van der Waals surface area contributed by atoms with Gasteiger partial charge in [-0.15, -0.1) is 0 Å². The Morgan fingerprint density at radius 2 is 1.94 bits per heavy atom. The van der Waals surface area contributed by atoms with E-state index >= 15 is 0 Å². The number of benzene rings is 2. The maximum Gasteiger partial charge on any atom is 0.269 e. The lowest BCUT2D eigenvalue weighted by molar-refractivity contribution is -0.384. The Morgan fingerprint density at radius 1 is 1.09 bits per heavy atom. The molecular formula is C23H19N3O6.